The van der Waals surface area contributed by atoms with E-state index in [2.05, 4.69) is 4.98 Å². The number of benzene rings is 3. The van der Waals surface area contributed by atoms with Crippen molar-refractivity contribution in [2.45, 2.75) is 0 Å². The monoisotopic (exact) mass is 397 g/mol. The highest BCUT2D eigenvalue weighted by Gasteiger charge is 2.20. The van der Waals surface area contributed by atoms with Crippen molar-refractivity contribution in [3.63, 3.8) is 0 Å². The number of halogens is 1. The van der Waals surface area contributed by atoms with E-state index < -0.39 is 0 Å². The van der Waals surface area contributed by atoms with Gasteiger partial charge in [-0.15, -0.1) is 0 Å². The maximum Gasteiger partial charge on any atom is 0.163 e. The number of hydrogen-bond acceptors (Lipinski definition) is 4. The summed E-state index contributed by atoms with van der Waals surface area (Å²) in [6.45, 7) is 1.03. The Morgan fingerprint density at radius 2 is 1.57 bits per heavy atom. The third-order valence-electron chi connectivity index (χ3n) is 5.29. The van der Waals surface area contributed by atoms with E-state index in [4.69, 9.17) is 14.6 Å². The van der Waals surface area contributed by atoms with Crippen LogP contribution in [-0.4, -0.2) is 28.0 Å². The van der Waals surface area contributed by atoms with Gasteiger partial charge in [0, 0.05) is 28.6 Å². The summed E-state index contributed by atoms with van der Waals surface area (Å²) in [6, 6.07) is 20.1. The second kappa shape index (κ2) is 6.56. The van der Waals surface area contributed by atoms with Gasteiger partial charge in [-0.3, -0.25) is 4.98 Å². The van der Waals surface area contributed by atoms with Crippen LogP contribution >= 0.6 is 0 Å². The molecule has 0 N–H and O–H groups in total. The zero-order valence-corrected chi connectivity index (χ0v) is 15.9. The standard InChI is InChI=1S/C24H16FN3O2/c25-16-6-8-17(9-7-16)28-24-18-12-21-22(30-11-10-29-21)13-20(18)26-14-19(24)23(27-28)15-4-2-1-3-5-15/h1-9,12-14H,10-11H2. The second-order valence-electron chi connectivity index (χ2n) is 7.14. The summed E-state index contributed by atoms with van der Waals surface area (Å²) in [4.78, 5) is 4.68. The van der Waals surface area contributed by atoms with Crippen molar-refractivity contribution in [3.8, 4) is 28.4 Å². The van der Waals surface area contributed by atoms with E-state index in [1.54, 1.807) is 12.1 Å². The minimum Gasteiger partial charge on any atom is -0.486 e. The quantitative estimate of drug-likeness (QED) is 0.413. The summed E-state index contributed by atoms with van der Waals surface area (Å²) in [7, 11) is 0. The van der Waals surface area contributed by atoms with Gasteiger partial charge in [0.05, 0.1) is 16.7 Å². The first kappa shape index (κ1) is 17.0. The average Bonchev–Trinajstić information content (AvgIpc) is 3.19. The third-order valence-corrected chi connectivity index (χ3v) is 5.29. The summed E-state index contributed by atoms with van der Waals surface area (Å²) < 4.78 is 26.9. The minimum atomic E-state index is -0.287. The van der Waals surface area contributed by atoms with E-state index in [1.807, 2.05) is 53.3 Å². The highest BCUT2D eigenvalue weighted by atomic mass is 19.1. The molecule has 0 bridgehead atoms. The van der Waals surface area contributed by atoms with Crippen molar-refractivity contribution >= 4 is 21.8 Å². The van der Waals surface area contributed by atoms with Crippen LogP contribution in [0.5, 0.6) is 11.5 Å². The minimum absolute atomic E-state index is 0.287. The molecule has 0 saturated heterocycles. The van der Waals surface area contributed by atoms with Crippen molar-refractivity contribution < 1.29 is 13.9 Å². The summed E-state index contributed by atoms with van der Waals surface area (Å²) in [5.74, 6) is 1.09. The molecule has 3 aromatic carbocycles. The van der Waals surface area contributed by atoms with Crippen LogP contribution in [0.4, 0.5) is 4.39 Å². The molecule has 1 aliphatic heterocycles. The first-order valence-corrected chi connectivity index (χ1v) is 9.70. The maximum absolute atomic E-state index is 13.6. The summed E-state index contributed by atoms with van der Waals surface area (Å²) >= 11 is 0. The molecule has 0 radical (unpaired) electrons. The van der Waals surface area contributed by atoms with Gasteiger partial charge in [0.25, 0.3) is 0 Å². The zero-order chi connectivity index (χ0) is 20.1. The largest absolute Gasteiger partial charge is 0.486 e. The number of hydrogen-bond donors (Lipinski definition) is 0. The lowest BCUT2D eigenvalue weighted by molar-refractivity contribution is 0.172. The van der Waals surface area contributed by atoms with Crippen LogP contribution in [0.2, 0.25) is 0 Å². The number of ether oxygens (including phenoxy) is 2. The van der Waals surface area contributed by atoms with Crippen molar-refractivity contribution in [2.75, 3.05) is 13.2 Å². The Hall–Kier alpha value is -3.93. The van der Waals surface area contributed by atoms with Crippen LogP contribution in [0.1, 0.15) is 0 Å². The zero-order valence-electron chi connectivity index (χ0n) is 15.9. The molecular weight excluding hydrogens is 381 g/mol. The number of aromatic nitrogens is 3. The van der Waals surface area contributed by atoms with Gasteiger partial charge in [0.15, 0.2) is 11.5 Å². The Morgan fingerprint density at radius 1 is 0.833 bits per heavy atom. The number of pyridine rings is 1. The Morgan fingerprint density at radius 3 is 2.33 bits per heavy atom. The van der Waals surface area contributed by atoms with E-state index in [-0.39, 0.29) is 5.82 Å². The Labute approximate surface area is 171 Å². The molecule has 0 saturated carbocycles. The van der Waals surface area contributed by atoms with Crippen LogP contribution in [0.3, 0.4) is 0 Å². The first-order chi connectivity index (χ1) is 14.8. The van der Waals surface area contributed by atoms with Crippen LogP contribution in [-0.2, 0) is 0 Å². The maximum atomic E-state index is 13.6. The Bertz CT molecular complexity index is 1400. The molecule has 5 aromatic rings. The summed E-state index contributed by atoms with van der Waals surface area (Å²) in [6.07, 6.45) is 1.84. The third kappa shape index (κ3) is 2.61. The number of fused-ring (bicyclic) bond motifs is 4. The molecule has 0 spiro atoms. The van der Waals surface area contributed by atoms with E-state index in [0.717, 1.165) is 38.8 Å². The van der Waals surface area contributed by atoms with Crippen molar-refractivity contribution in [1.29, 1.82) is 0 Å². The molecule has 6 heteroatoms. The van der Waals surface area contributed by atoms with Crippen molar-refractivity contribution in [3.05, 3.63) is 78.7 Å². The molecule has 1 aliphatic rings. The van der Waals surface area contributed by atoms with Gasteiger partial charge in [0.2, 0.25) is 0 Å². The summed E-state index contributed by atoms with van der Waals surface area (Å²) in [5.41, 5.74) is 4.25. The van der Waals surface area contributed by atoms with Crippen molar-refractivity contribution in [1.82, 2.24) is 14.8 Å². The number of rotatable bonds is 2. The lowest BCUT2D eigenvalue weighted by Gasteiger charge is -2.19. The average molecular weight is 397 g/mol. The molecular formula is C24H16FN3O2. The Kier molecular flexibility index (Phi) is 3.71. The van der Waals surface area contributed by atoms with Gasteiger partial charge < -0.3 is 9.47 Å². The van der Waals surface area contributed by atoms with E-state index >= 15 is 0 Å². The molecule has 30 heavy (non-hydrogen) atoms. The normalized spacial score (nSPS) is 13.1. The molecule has 5 nitrogen and oxygen atoms in total. The van der Waals surface area contributed by atoms with Gasteiger partial charge >= 0.3 is 0 Å². The van der Waals surface area contributed by atoms with Gasteiger partial charge in [-0.1, -0.05) is 30.3 Å². The van der Waals surface area contributed by atoms with E-state index in [0.29, 0.717) is 24.7 Å². The smallest absolute Gasteiger partial charge is 0.163 e. The molecule has 0 fully saturated rings. The fourth-order valence-corrected chi connectivity index (χ4v) is 3.90. The molecule has 0 atom stereocenters. The SMILES string of the molecule is Fc1ccc(-n2nc(-c3ccccc3)c3cnc4cc5c(cc4c32)OCCO5)cc1. The predicted molar refractivity (Wildman–Crippen MR) is 113 cm³/mol. The molecule has 2 aromatic heterocycles. The molecule has 0 amide bonds. The van der Waals surface area contributed by atoms with E-state index in [1.165, 1.54) is 12.1 Å². The van der Waals surface area contributed by atoms with Gasteiger partial charge in [-0.05, 0) is 30.3 Å². The van der Waals surface area contributed by atoms with Gasteiger partial charge in [0.1, 0.15) is 24.7 Å². The molecule has 3 heterocycles. The summed E-state index contributed by atoms with van der Waals surface area (Å²) in [5, 5.41) is 6.71. The van der Waals surface area contributed by atoms with Crippen LogP contribution in [0.25, 0.3) is 38.8 Å². The molecule has 0 aliphatic carbocycles. The molecule has 0 unspecified atom stereocenters. The van der Waals surface area contributed by atoms with Crippen LogP contribution < -0.4 is 9.47 Å². The van der Waals surface area contributed by atoms with Crippen molar-refractivity contribution in [2.24, 2.45) is 0 Å². The lowest BCUT2D eigenvalue weighted by Crippen LogP contribution is -2.15. The van der Waals surface area contributed by atoms with Crippen LogP contribution in [0, 0.1) is 5.82 Å². The highest BCUT2D eigenvalue weighted by molar-refractivity contribution is 6.09. The highest BCUT2D eigenvalue weighted by Crippen LogP contribution is 2.39. The van der Waals surface area contributed by atoms with E-state index in [9.17, 15) is 4.39 Å². The second-order valence-corrected chi connectivity index (χ2v) is 7.14. The molecule has 6 rings (SSSR count). The fraction of sp³-hybridized carbons (Fsp3) is 0.0833. The van der Waals surface area contributed by atoms with Gasteiger partial charge in [-0.2, -0.15) is 5.10 Å². The molecule has 146 valence electrons. The van der Waals surface area contributed by atoms with Crippen LogP contribution in [0.15, 0.2) is 72.9 Å². The first-order valence-electron chi connectivity index (χ1n) is 9.70. The fourth-order valence-electron chi connectivity index (χ4n) is 3.90. The van der Waals surface area contributed by atoms with Gasteiger partial charge in [-0.25, -0.2) is 9.07 Å². The topological polar surface area (TPSA) is 49.2 Å². The predicted octanol–water partition coefficient (Wildman–Crippen LogP) is 5.15. The lowest BCUT2D eigenvalue weighted by atomic mass is 10.1. The number of nitrogens with zero attached hydrogens (tertiary/aromatic N) is 3. The Balaban J connectivity index is 1.71.